The maximum Gasteiger partial charge on any atom is 0.0608 e. The molecule has 0 saturated carbocycles. The van der Waals surface area contributed by atoms with Crippen molar-refractivity contribution in [1.29, 1.82) is 0 Å². The summed E-state index contributed by atoms with van der Waals surface area (Å²) in [5.41, 5.74) is 5.42. The zero-order chi connectivity index (χ0) is 11.7. The van der Waals surface area contributed by atoms with Gasteiger partial charge in [-0.2, -0.15) is 0 Å². The summed E-state index contributed by atoms with van der Waals surface area (Å²) in [6, 6.07) is 0. The van der Waals surface area contributed by atoms with Crippen LogP contribution in [0.25, 0.3) is 0 Å². The largest absolute Gasteiger partial charge is 0.394 e. The molecular formula is C11H26N2O2. The number of nitrogens with two attached hydrogens (primary N) is 1. The molecule has 15 heavy (non-hydrogen) atoms. The van der Waals surface area contributed by atoms with Crippen molar-refractivity contribution in [2.24, 2.45) is 5.73 Å². The number of aliphatic hydroxyl groups excluding tert-OH is 1. The molecule has 0 aromatic rings. The molecule has 0 radical (unpaired) electrons. The van der Waals surface area contributed by atoms with Crippen LogP contribution in [0.3, 0.4) is 0 Å². The Morgan fingerprint density at radius 3 is 2.53 bits per heavy atom. The van der Waals surface area contributed by atoms with Crippen LogP contribution in [0.15, 0.2) is 0 Å². The van der Waals surface area contributed by atoms with Gasteiger partial charge in [-0.3, -0.25) is 0 Å². The third kappa shape index (κ3) is 7.73. The highest BCUT2D eigenvalue weighted by molar-refractivity contribution is 4.77. The first-order chi connectivity index (χ1) is 7.05. The van der Waals surface area contributed by atoms with E-state index in [2.05, 4.69) is 11.8 Å². The first-order valence-electron chi connectivity index (χ1n) is 5.66. The Balaban J connectivity index is 3.62. The van der Waals surface area contributed by atoms with Crippen LogP contribution in [-0.4, -0.2) is 55.5 Å². The second-order valence-corrected chi connectivity index (χ2v) is 4.34. The number of ether oxygens (including phenoxy) is 1. The molecule has 1 unspecified atom stereocenters. The lowest BCUT2D eigenvalue weighted by Gasteiger charge is -2.24. The van der Waals surface area contributed by atoms with Crippen molar-refractivity contribution >= 4 is 0 Å². The maximum atomic E-state index is 9.00. The third-order valence-electron chi connectivity index (χ3n) is 2.64. The van der Waals surface area contributed by atoms with Crippen LogP contribution in [0.2, 0.25) is 0 Å². The van der Waals surface area contributed by atoms with E-state index in [1.807, 2.05) is 6.92 Å². The summed E-state index contributed by atoms with van der Waals surface area (Å²) < 4.78 is 5.04. The minimum atomic E-state index is -0.430. The van der Waals surface area contributed by atoms with Crippen LogP contribution in [-0.2, 0) is 4.74 Å². The second-order valence-electron chi connectivity index (χ2n) is 4.34. The minimum Gasteiger partial charge on any atom is -0.394 e. The number of methoxy groups -OCH3 is 1. The van der Waals surface area contributed by atoms with Gasteiger partial charge in [0.25, 0.3) is 0 Å². The van der Waals surface area contributed by atoms with Crippen molar-refractivity contribution in [2.45, 2.75) is 32.2 Å². The molecular weight excluding hydrogens is 192 g/mol. The monoisotopic (exact) mass is 218 g/mol. The predicted octanol–water partition coefficient (Wildman–Crippen LogP) is 0.445. The van der Waals surface area contributed by atoms with Crippen molar-refractivity contribution in [1.82, 2.24) is 4.90 Å². The molecule has 0 amide bonds. The molecule has 0 aliphatic heterocycles. The number of likely N-dealkylation sites (N-methyl/N-ethyl adjacent to an activating group) is 1. The van der Waals surface area contributed by atoms with E-state index in [-0.39, 0.29) is 6.61 Å². The van der Waals surface area contributed by atoms with Gasteiger partial charge in [0.1, 0.15) is 0 Å². The van der Waals surface area contributed by atoms with Crippen molar-refractivity contribution < 1.29 is 9.84 Å². The van der Waals surface area contributed by atoms with Gasteiger partial charge >= 0.3 is 0 Å². The third-order valence-corrected chi connectivity index (χ3v) is 2.64. The zero-order valence-corrected chi connectivity index (χ0v) is 10.3. The van der Waals surface area contributed by atoms with Crippen LogP contribution >= 0.6 is 0 Å². The first kappa shape index (κ1) is 14.8. The number of nitrogens with zero attached hydrogens (tertiary/aromatic N) is 1. The Morgan fingerprint density at radius 1 is 1.40 bits per heavy atom. The van der Waals surface area contributed by atoms with Gasteiger partial charge in [0.05, 0.1) is 13.2 Å². The van der Waals surface area contributed by atoms with E-state index in [9.17, 15) is 0 Å². The summed E-state index contributed by atoms with van der Waals surface area (Å²) in [6.45, 7) is 7.87. The van der Waals surface area contributed by atoms with Crippen LogP contribution in [0, 0.1) is 0 Å². The highest BCUT2D eigenvalue weighted by Gasteiger charge is 2.16. The maximum absolute atomic E-state index is 9.00. The number of hydrogen-bond donors (Lipinski definition) is 2. The minimum absolute atomic E-state index is 0.0528. The Labute approximate surface area is 93.4 Å². The average Bonchev–Trinajstić information content (AvgIpc) is 2.23. The normalized spacial score (nSPS) is 15.6. The molecule has 4 nitrogen and oxygen atoms in total. The van der Waals surface area contributed by atoms with Crippen molar-refractivity contribution in [3.63, 3.8) is 0 Å². The van der Waals surface area contributed by atoms with E-state index < -0.39 is 5.54 Å². The van der Waals surface area contributed by atoms with E-state index in [1.54, 1.807) is 7.11 Å². The topological polar surface area (TPSA) is 58.7 Å². The number of hydrogen-bond acceptors (Lipinski definition) is 4. The van der Waals surface area contributed by atoms with Gasteiger partial charge in [0.15, 0.2) is 0 Å². The van der Waals surface area contributed by atoms with Gasteiger partial charge < -0.3 is 20.5 Å². The molecule has 0 spiro atoms. The number of rotatable bonds is 9. The fourth-order valence-corrected chi connectivity index (χ4v) is 1.43. The van der Waals surface area contributed by atoms with Crippen LogP contribution in [0.5, 0.6) is 0 Å². The molecule has 0 rings (SSSR count). The Kier molecular flexibility index (Phi) is 7.96. The molecule has 4 heteroatoms. The lowest BCUT2D eigenvalue weighted by Crippen LogP contribution is -2.41. The van der Waals surface area contributed by atoms with E-state index in [0.717, 1.165) is 39.1 Å². The van der Waals surface area contributed by atoms with E-state index in [0.29, 0.717) is 0 Å². The van der Waals surface area contributed by atoms with E-state index in [4.69, 9.17) is 15.6 Å². The molecule has 1 atom stereocenters. The van der Waals surface area contributed by atoms with Gasteiger partial charge in [-0.25, -0.2) is 0 Å². The summed E-state index contributed by atoms with van der Waals surface area (Å²) in [6.07, 6.45) is 1.87. The van der Waals surface area contributed by atoms with Crippen molar-refractivity contribution in [3.05, 3.63) is 0 Å². The fourth-order valence-electron chi connectivity index (χ4n) is 1.43. The molecule has 0 saturated heterocycles. The molecule has 0 aromatic heterocycles. The Bertz CT molecular complexity index is 152. The standard InChI is InChI=1S/C11H26N2O2/c1-4-13(8-9-15-3)7-5-6-11(2,12)10-14/h14H,4-10,12H2,1-3H3. The Hall–Kier alpha value is -0.160. The number of aliphatic hydroxyl groups is 1. The van der Waals surface area contributed by atoms with E-state index >= 15 is 0 Å². The Morgan fingerprint density at radius 2 is 2.07 bits per heavy atom. The first-order valence-corrected chi connectivity index (χ1v) is 5.66. The molecule has 0 bridgehead atoms. The van der Waals surface area contributed by atoms with Crippen LogP contribution in [0.4, 0.5) is 0 Å². The SMILES string of the molecule is CCN(CCCC(C)(N)CO)CCOC. The molecule has 0 aliphatic rings. The average molecular weight is 218 g/mol. The summed E-state index contributed by atoms with van der Waals surface area (Å²) in [5, 5.41) is 9.00. The van der Waals surface area contributed by atoms with Gasteiger partial charge in [0.2, 0.25) is 0 Å². The quantitative estimate of drug-likeness (QED) is 0.590. The van der Waals surface area contributed by atoms with Crippen molar-refractivity contribution in [2.75, 3.05) is 40.0 Å². The summed E-state index contributed by atoms with van der Waals surface area (Å²) in [4.78, 5) is 2.33. The summed E-state index contributed by atoms with van der Waals surface area (Å²) >= 11 is 0. The highest BCUT2D eigenvalue weighted by Crippen LogP contribution is 2.08. The lowest BCUT2D eigenvalue weighted by atomic mass is 9.98. The molecule has 92 valence electrons. The van der Waals surface area contributed by atoms with Gasteiger partial charge in [-0.1, -0.05) is 6.92 Å². The predicted molar refractivity (Wildman–Crippen MR) is 62.9 cm³/mol. The van der Waals surface area contributed by atoms with Crippen LogP contribution in [0.1, 0.15) is 26.7 Å². The molecule has 0 aromatic carbocycles. The molecule has 0 fully saturated rings. The van der Waals surface area contributed by atoms with Gasteiger partial charge in [-0.15, -0.1) is 0 Å². The second kappa shape index (κ2) is 8.05. The van der Waals surface area contributed by atoms with Gasteiger partial charge in [-0.05, 0) is 32.9 Å². The summed E-state index contributed by atoms with van der Waals surface area (Å²) in [5.74, 6) is 0. The summed E-state index contributed by atoms with van der Waals surface area (Å²) in [7, 11) is 1.72. The molecule has 0 aliphatic carbocycles. The van der Waals surface area contributed by atoms with E-state index in [1.165, 1.54) is 0 Å². The van der Waals surface area contributed by atoms with Crippen molar-refractivity contribution in [3.8, 4) is 0 Å². The van der Waals surface area contributed by atoms with Gasteiger partial charge in [0, 0.05) is 19.2 Å². The lowest BCUT2D eigenvalue weighted by molar-refractivity contribution is 0.144. The fraction of sp³-hybridized carbons (Fsp3) is 1.00. The molecule has 3 N–H and O–H groups in total. The zero-order valence-electron chi connectivity index (χ0n) is 10.3. The smallest absolute Gasteiger partial charge is 0.0608 e. The van der Waals surface area contributed by atoms with Crippen LogP contribution < -0.4 is 5.73 Å². The highest BCUT2D eigenvalue weighted by atomic mass is 16.5. The molecule has 0 heterocycles.